The van der Waals surface area contributed by atoms with Crippen molar-refractivity contribution >= 4 is 22.9 Å². The molecule has 5 heteroatoms. The number of rotatable bonds is 3. The molecule has 0 bridgehead atoms. The summed E-state index contributed by atoms with van der Waals surface area (Å²) in [6.07, 6.45) is 0.467. The molecule has 0 aliphatic carbocycles. The number of aromatic nitrogens is 1. The van der Waals surface area contributed by atoms with Gasteiger partial charge < -0.3 is 9.64 Å². The van der Waals surface area contributed by atoms with Crippen LogP contribution in [0.1, 0.15) is 5.56 Å². The number of amides is 1. The Balaban J connectivity index is 1.65. The zero-order valence-corrected chi connectivity index (χ0v) is 14.3. The van der Waals surface area contributed by atoms with Crippen molar-refractivity contribution in [2.75, 3.05) is 19.1 Å². The van der Waals surface area contributed by atoms with Gasteiger partial charge in [0, 0.05) is 29.2 Å². The molecule has 2 aromatic carbocycles. The number of fused-ring (bicyclic) bond motifs is 1. The molecule has 3 aromatic rings. The monoisotopic (exact) mass is 336 g/mol. The molecule has 2 heterocycles. The van der Waals surface area contributed by atoms with Crippen LogP contribution in [-0.2, 0) is 11.2 Å². The van der Waals surface area contributed by atoms with Crippen molar-refractivity contribution in [1.82, 2.24) is 4.98 Å². The van der Waals surface area contributed by atoms with Crippen LogP contribution < -0.4 is 9.64 Å². The molecule has 24 heavy (non-hydrogen) atoms. The smallest absolute Gasteiger partial charge is 0.231 e. The van der Waals surface area contributed by atoms with Crippen LogP contribution in [0.4, 0.5) is 5.69 Å². The number of nitrogens with zero attached hydrogens (tertiary/aromatic N) is 2. The highest BCUT2D eigenvalue weighted by molar-refractivity contribution is 7.13. The first-order valence-electron chi connectivity index (χ1n) is 7.65. The molecule has 120 valence electrons. The molecule has 0 saturated carbocycles. The van der Waals surface area contributed by atoms with Crippen LogP contribution in [-0.4, -0.2) is 25.0 Å². The normalized spacial score (nSPS) is 13.2. The second-order valence-electron chi connectivity index (χ2n) is 5.74. The van der Waals surface area contributed by atoms with Gasteiger partial charge in [-0.25, -0.2) is 4.98 Å². The molecule has 0 spiro atoms. The van der Waals surface area contributed by atoms with Crippen LogP contribution in [0.3, 0.4) is 0 Å². The Morgan fingerprint density at radius 2 is 1.88 bits per heavy atom. The quantitative estimate of drug-likeness (QED) is 0.726. The Kier molecular flexibility index (Phi) is 3.58. The van der Waals surface area contributed by atoms with E-state index in [0.717, 1.165) is 38.8 Å². The lowest BCUT2D eigenvalue weighted by molar-refractivity contribution is -0.117. The number of carbonyl (C=O) groups excluding carboxylic acids is 1. The van der Waals surface area contributed by atoms with E-state index >= 15 is 0 Å². The summed E-state index contributed by atoms with van der Waals surface area (Å²) in [6, 6.07) is 14.0. The Hall–Kier alpha value is -2.66. The lowest BCUT2D eigenvalue weighted by Gasteiger charge is -2.09. The molecular formula is C19H16N2O2S. The highest BCUT2D eigenvalue weighted by Crippen LogP contribution is 2.34. The summed E-state index contributed by atoms with van der Waals surface area (Å²) in [5.74, 6) is 0.974. The van der Waals surface area contributed by atoms with Crippen molar-refractivity contribution in [2.24, 2.45) is 0 Å². The van der Waals surface area contributed by atoms with Crippen molar-refractivity contribution in [2.45, 2.75) is 6.42 Å². The largest absolute Gasteiger partial charge is 0.497 e. The van der Waals surface area contributed by atoms with Crippen LogP contribution in [0.5, 0.6) is 5.75 Å². The predicted octanol–water partition coefficient (Wildman–Crippen LogP) is 4.00. The third-order valence-corrected chi connectivity index (χ3v) is 5.18. The van der Waals surface area contributed by atoms with E-state index in [1.54, 1.807) is 23.3 Å². The van der Waals surface area contributed by atoms with E-state index in [1.165, 1.54) is 0 Å². The third kappa shape index (κ3) is 2.47. The first-order chi connectivity index (χ1) is 11.7. The Morgan fingerprint density at radius 3 is 2.62 bits per heavy atom. The van der Waals surface area contributed by atoms with E-state index in [2.05, 4.69) is 11.4 Å². The summed E-state index contributed by atoms with van der Waals surface area (Å²) in [6.45, 7) is 0. The molecule has 0 saturated heterocycles. The summed E-state index contributed by atoms with van der Waals surface area (Å²) in [7, 11) is 3.48. The standard InChI is InChI=1S/C19H16N2O2S/c1-21-17-8-5-13(9-14(17)10-18(21)22)16-11-24-19(20-16)12-3-6-15(23-2)7-4-12/h3-9,11H,10H2,1-2H3. The number of ether oxygens (including phenoxy) is 1. The third-order valence-electron chi connectivity index (χ3n) is 4.29. The van der Waals surface area contributed by atoms with Gasteiger partial charge in [-0.05, 0) is 42.0 Å². The van der Waals surface area contributed by atoms with Gasteiger partial charge in [-0.15, -0.1) is 11.3 Å². The fourth-order valence-corrected chi connectivity index (χ4v) is 3.74. The lowest BCUT2D eigenvalue weighted by atomic mass is 10.1. The fourth-order valence-electron chi connectivity index (χ4n) is 2.90. The van der Waals surface area contributed by atoms with Gasteiger partial charge in [0.1, 0.15) is 10.8 Å². The number of methoxy groups -OCH3 is 1. The number of likely N-dealkylation sites (N-methyl/N-ethyl adjacent to an activating group) is 1. The maximum absolute atomic E-state index is 11.8. The zero-order chi connectivity index (χ0) is 16.7. The summed E-state index contributed by atoms with van der Waals surface area (Å²) in [5.41, 5.74) is 5.12. The number of carbonyl (C=O) groups is 1. The number of benzene rings is 2. The molecule has 0 N–H and O–H groups in total. The maximum atomic E-state index is 11.8. The van der Waals surface area contributed by atoms with E-state index < -0.39 is 0 Å². The van der Waals surface area contributed by atoms with Crippen molar-refractivity contribution in [1.29, 1.82) is 0 Å². The zero-order valence-electron chi connectivity index (χ0n) is 13.4. The number of hydrogen-bond donors (Lipinski definition) is 0. The molecule has 0 unspecified atom stereocenters. The first-order valence-corrected chi connectivity index (χ1v) is 8.53. The highest BCUT2D eigenvalue weighted by Gasteiger charge is 2.24. The predicted molar refractivity (Wildman–Crippen MR) is 96.7 cm³/mol. The summed E-state index contributed by atoms with van der Waals surface area (Å²) in [4.78, 5) is 18.3. The molecule has 1 aromatic heterocycles. The van der Waals surface area contributed by atoms with Crippen LogP contribution in [0.15, 0.2) is 47.8 Å². The van der Waals surface area contributed by atoms with Crippen LogP contribution >= 0.6 is 11.3 Å². The Morgan fingerprint density at radius 1 is 1.12 bits per heavy atom. The second-order valence-corrected chi connectivity index (χ2v) is 6.60. The second kappa shape index (κ2) is 5.76. The minimum Gasteiger partial charge on any atom is -0.497 e. The van der Waals surface area contributed by atoms with Gasteiger partial charge in [0.25, 0.3) is 0 Å². The minimum absolute atomic E-state index is 0.138. The molecule has 1 aliphatic heterocycles. The molecule has 4 nitrogen and oxygen atoms in total. The van der Waals surface area contributed by atoms with Crippen LogP contribution in [0.25, 0.3) is 21.8 Å². The average Bonchev–Trinajstić information content (AvgIpc) is 3.20. The highest BCUT2D eigenvalue weighted by atomic mass is 32.1. The van der Waals surface area contributed by atoms with Gasteiger partial charge in [-0.1, -0.05) is 6.07 Å². The molecule has 4 rings (SSSR count). The van der Waals surface area contributed by atoms with Gasteiger partial charge >= 0.3 is 0 Å². The number of anilines is 1. The van der Waals surface area contributed by atoms with Gasteiger partial charge in [-0.2, -0.15) is 0 Å². The molecule has 0 radical (unpaired) electrons. The van der Waals surface area contributed by atoms with E-state index in [0.29, 0.717) is 6.42 Å². The van der Waals surface area contributed by atoms with Crippen molar-refractivity contribution < 1.29 is 9.53 Å². The minimum atomic E-state index is 0.138. The van der Waals surface area contributed by atoms with Crippen molar-refractivity contribution in [3.05, 3.63) is 53.4 Å². The summed E-state index contributed by atoms with van der Waals surface area (Å²) in [5, 5.41) is 3.03. The Bertz CT molecular complexity index is 915. The molecule has 1 amide bonds. The molecule has 0 atom stereocenters. The van der Waals surface area contributed by atoms with Crippen LogP contribution in [0.2, 0.25) is 0 Å². The number of hydrogen-bond acceptors (Lipinski definition) is 4. The SMILES string of the molecule is COc1ccc(-c2nc(-c3ccc4c(c3)CC(=O)N4C)cs2)cc1. The van der Waals surface area contributed by atoms with Gasteiger partial charge in [0.2, 0.25) is 5.91 Å². The topological polar surface area (TPSA) is 42.4 Å². The van der Waals surface area contributed by atoms with Crippen molar-refractivity contribution in [3.63, 3.8) is 0 Å². The fraction of sp³-hybridized carbons (Fsp3) is 0.158. The van der Waals surface area contributed by atoms with Crippen molar-refractivity contribution in [3.8, 4) is 27.6 Å². The van der Waals surface area contributed by atoms with E-state index in [1.807, 2.05) is 43.4 Å². The van der Waals surface area contributed by atoms with E-state index in [4.69, 9.17) is 9.72 Å². The maximum Gasteiger partial charge on any atom is 0.231 e. The van der Waals surface area contributed by atoms with Crippen LogP contribution in [0, 0.1) is 0 Å². The van der Waals surface area contributed by atoms with Gasteiger partial charge in [0.05, 0.1) is 19.2 Å². The summed E-state index contributed by atoms with van der Waals surface area (Å²) >= 11 is 1.62. The lowest BCUT2D eigenvalue weighted by Crippen LogP contribution is -2.20. The average molecular weight is 336 g/mol. The van der Waals surface area contributed by atoms with E-state index in [9.17, 15) is 4.79 Å². The van der Waals surface area contributed by atoms with Gasteiger partial charge in [-0.3, -0.25) is 4.79 Å². The Labute approximate surface area is 144 Å². The molecule has 1 aliphatic rings. The summed E-state index contributed by atoms with van der Waals surface area (Å²) < 4.78 is 5.19. The van der Waals surface area contributed by atoms with E-state index in [-0.39, 0.29) is 5.91 Å². The van der Waals surface area contributed by atoms with Gasteiger partial charge in [0.15, 0.2) is 0 Å². The molecule has 0 fully saturated rings. The molecular weight excluding hydrogens is 320 g/mol. The first kappa shape index (κ1) is 14.9. The number of thiazole rings is 1.